The van der Waals surface area contributed by atoms with Crippen molar-refractivity contribution in [2.75, 3.05) is 6.61 Å². The largest absolute Gasteiger partial charge is 0.466 e. The van der Waals surface area contributed by atoms with E-state index in [9.17, 15) is 9.59 Å². The van der Waals surface area contributed by atoms with Gasteiger partial charge in [-0.3, -0.25) is 9.59 Å². The van der Waals surface area contributed by atoms with E-state index in [1.165, 1.54) is 11.6 Å². The quantitative estimate of drug-likeness (QED) is 0.546. The van der Waals surface area contributed by atoms with Gasteiger partial charge in [-0.05, 0) is 13.8 Å². The van der Waals surface area contributed by atoms with Gasteiger partial charge in [0.15, 0.2) is 11.5 Å². The van der Waals surface area contributed by atoms with E-state index in [0.717, 1.165) is 0 Å². The van der Waals surface area contributed by atoms with E-state index < -0.39 is 0 Å². The van der Waals surface area contributed by atoms with Crippen LogP contribution >= 0.6 is 0 Å². The molecule has 0 aliphatic rings. The van der Waals surface area contributed by atoms with Crippen molar-refractivity contribution in [1.82, 2.24) is 15.0 Å². The number of rotatable bonds is 5. The second kappa shape index (κ2) is 5.39. The van der Waals surface area contributed by atoms with Crippen molar-refractivity contribution in [2.24, 2.45) is 0 Å². The predicted octanol–water partition coefficient (Wildman–Crippen LogP) is 0.742. The molecule has 0 saturated heterocycles. The standard InChI is InChI=1S/C10H15N3O3/c1-4-16-9(15)5-6-13-7(2)10(8(3)14)11-12-13/h4-6H2,1-3H3. The zero-order chi connectivity index (χ0) is 12.1. The van der Waals surface area contributed by atoms with Gasteiger partial charge in [0.2, 0.25) is 0 Å². The molecule has 0 aliphatic carbocycles. The highest BCUT2D eigenvalue weighted by molar-refractivity contribution is 5.92. The van der Waals surface area contributed by atoms with Crippen molar-refractivity contribution in [3.8, 4) is 0 Å². The lowest BCUT2D eigenvalue weighted by Crippen LogP contribution is -2.11. The Morgan fingerprint density at radius 3 is 2.62 bits per heavy atom. The van der Waals surface area contributed by atoms with Crippen molar-refractivity contribution in [1.29, 1.82) is 0 Å². The van der Waals surface area contributed by atoms with Gasteiger partial charge in [-0.2, -0.15) is 0 Å². The fourth-order valence-corrected chi connectivity index (χ4v) is 1.33. The summed E-state index contributed by atoms with van der Waals surface area (Å²) in [6.07, 6.45) is 0.232. The Balaban J connectivity index is 2.61. The van der Waals surface area contributed by atoms with Crippen molar-refractivity contribution in [3.05, 3.63) is 11.4 Å². The van der Waals surface area contributed by atoms with Crippen LogP contribution in [0.4, 0.5) is 0 Å². The lowest BCUT2D eigenvalue weighted by atomic mass is 10.2. The topological polar surface area (TPSA) is 74.1 Å². The Kier molecular flexibility index (Phi) is 4.16. The van der Waals surface area contributed by atoms with E-state index in [-0.39, 0.29) is 18.2 Å². The van der Waals surface area contributed by atoms with Gasteiger partial charge in [0.1, 0.15) is 0 Å². The zero-order valence-corrected chi connectivity index (χ0v) is 9.69. The molecule has 0 aromatic carbocycles. The fourth-order valence-electron chi connectivity index (χ4n) is 1.33. The first kappa shape index (κ1) is 12.4. The first-order valence-corrected chi connectivity index (χ1v) is 5.13. The molecule has 88 valence electrons. The molecule has 0 fully saturated rings. The third-order valence-electron chi connectivity index (χ3n) is 2.15. The normalized spacial score (nSPS) is 10.2. The van der Waals surface area contributed by atoms with Gasteiger partial charge in [-0.15, -0.1) is 5.10 Å². The summed E-state index contributed by atoms with van der Waals surface area (Å²) >= 11 is 0. The number of nitrogens with zero attached hydrogens (tertiary/aromatic N) is 3. The number of ether oxygens (including phenoxy) is 1. The second-order valence-corrected chi connectivity index (χ2v) is 3.36. The number of hydrogen-bond acceptors (Lipinski definition) is 5. The molecule has 16 heavy (non-hydrogen) atoms. The van der Waals surface area contributed by atoms with Crippen LogP contribution in [-0.2, 0) is 16.1 Å². The molecule has 6 nitrogen and oxygen atoms in total. The van der Waals surface area contributed by atoms with Gasteiger partial charge in [-0.1, -0.05) is 5.21 Å². The summed E-state index contributed by atoms with van der Waals surface area (Å²) < 4.78 is 6.33. The van der Waals surface area contributed by atoms with Crippen LogP contribution in [0.2, 0.25) is 0 Å². The Morgan fingerprint density at radius 1 is 1.44 bits per heavy atom. The summed E-state index contributed by atoms with van der Waals surface area (Å²) in [7, 11) is 0. The van der Waals surface area contributed by atoms with Crippen LogP contribution in [0.25, 0.3) is 0 Å². The molecule has 0 spiro atoms. The number of aromatic nitrogens is 3. The minimum atomic E-state index is -0.276. The molecule has 0 amide bonds. The number of esters is 1. The van der Waals surface area contributed by atoms with Crippen LogP contribution in [0.5, 0.6) is 0 Å². The number of hydrogen-bond donors (Lipinski definition) is 0. The monoisotopic (exact) mass is 225 g/mol. The molecule has 1 aromatic heterocycles. The van der Waals surface area contributed by atoms with Crippen molar-refractivity contribution in [2.45, 2.75) is 33.7 Å². The molecule has 0 radical (unpaired) electrons. The number of carbonyl (C=O) groups excluding carboxylic acids is 2. The minimum absolute atomic E-state index is 0.125. The SMILES string of the molecule is CCOC(=O)CCn1nnc(C(C)=O)c1C. The summed E-state index contributed by atoms with van der Waals surface area (Å²) in [4.78, 5) is 22.2. The minimum Gasteiger partial charge on any atom is -0.466 e. The summed E-state index contributed by atoms with van der Waals surface area (Å²) in [6, 6.07) is 0. The first-order chi connectivity index (χ1) is 7.56. The molecular formula is C10H15N3O3. The molecule has 0 unspecified atom stereocenters. The number of ketones is 1. The molecule has 0 aliphatic heterocycles. The Morgan fingerprint density at radius 2 is 2.12 bits per heavy atom. The van der Waals surface area contributed by atoms with Crippen molar-refractivity contribution >= 4 is 11.8 Å². The molecular weight excluding hydrogens is 210 g/mol. The van der Waals surface area contributed by atoms with Crippen molar-refractivity contribution in [3.63, 3.8) is 0 Å². The number of carbonyl (C=O) groups is 2. The van der Waals surface area contributed by atoms with E-state index in [4.69, 9.17) is 4.74 Å². The van der Waals surface area contributed by atoms with Crippen LogP contribution in [0.3, 0.4) is 0 Å². The Bertz CT molecular complexity index is 398. The molecule has 1 aromatic rings. The molecule has 0 bridgehead atoms. The Hall–Kier alpha value is -1.72. The van der Waals surface area contributed by atoms with Crippen LogP contribution in [0.15, 0.2) is 0 Å². The highest BCUT2D eigenvalue weighted by atomic mass is 16.5. The summed E-state index contributed by atoms with van der Waals surface area (Å²) in [5.74, 6) is -0.401. The number of Topliss-reactive ketones (excluding diaryl/α,β-unsaturated/α-hetero) is 1. The smallest absolute Gasteiger partial charge is 0.307 e. The Labute approximate surface area is 93.6 Å². The van der Waals surface area contributed by atoms with Gasteiger partial charge in [0, 0.05) is 6.92 Å². The van der Waals surface area contributed by atoms with E-state index in [1.807, 2.05) is 0 Å². The zero-order valence-electron chi connectivity index (χ0n) is 9.69. The van der Waals surface area contributed by atoms with Crippen LogP contribution in [-0.4, -0.2) is 33.4 Å². The van der Waals surface area contributed by atoms with E-state index >= 15 is 0 Å². The predicted molar refractivity (Wildman–Crippen MR) is 56.0 cm³/mol. The molecule has 6 heteroatoms. The van der Waals surface area contributed by atoms with Gasteiger partial charge in [0.25, 0.3) is 0 Å². The average Bonchev–Trinajstić information content (AvgIpc) is 2.57. The second-order valence-electron chi connectivity index (χ2n) is 3.36. The highest BCUT2D eigenvalue weighted by Gasteiger charge is 2.13. The molecule has 1 rings (SSSR count). The third-order valence-corrected chi connectivity index (χ3v) is 2.15. The average molecular weight is 225 g/mol. The van der Waals surface area contributed by atoms with Crippen LogP contribution < -0.4 is 0 Å². The lowest BCUT2D eigenvalue weighted by Gasteiger charge is -2.03. The maximum atomic E-state index is 11.1. The van der Waals surface area contributed by atoms with Crippen LogP contribution in [0.1, 0.15) is 36.5 Å². The first-order valence-electron chi connectivity index (χ1n) is 5.13. The third kappa shape index (κ3) is 2.88. The summed E-state index contributed by atoms with van der Waals surface area (Å²) in [5, 5.41) is 7.56. The maximum Gasteiger partial charge on any atom is 0.307 e. The van der Waals surface area contributed by atoms with E-state index in [1.54, 1.807) is 13.8 Å². The maximum absolute atomic E-state index is 11.1. The highest BCUT2D eigenvalue weighted by Crippen LogP contribution is 2.05. The molecule has 0 atom stereocenters. The number of aryl methyl sites for hydroxylation is 1. The molecule has 1 heterocycles. The van der Waals surface area contributed by atoms with Gasteiger partial charge in [0.05, 0.1) is 25.3 Å². The summed E-state index contributed by atoms with van der Waals surface area (Å²) in [6.45, 7) is 5.69. The lowest BCUT2D eigenvalue weighted by molar-refractivity contribution is -0.143. The van der Waals surface area contributed by atoms with Crippen LogP contribution in [0, 0.1) is 6.92 Å². The van der Waals surface area contributed by atoms with Crippen molar-refractivity contribution < 1.29 is 14.3 Å². The van der Waals surface area contributed by atoms with E-state index in [2.05, 4.69) is 10.3 Å². The van der Waals surface area contributed by atoms with Gasteiger partial charge >= 0.3 is 5.97 Å². The fraction of sp³-hybridized carbons (Fsp3) is 0.600. The summed E-state index contributed by atoms with van der Waals surface area (Å²) in [5.41, 5.74) is 1.03. The van der Waals surface area contributed by atoms with Gasteiger partial charge < -0.3 is 4.74 Å². The molecule has 0 saturated carbocycles. The van der Waals surface area contributed by atoms with E-state index in [0.29, 0.717) is 24.5 Å². The molecule has 0 N–H and O–H groups in total. The van der Waals surface area contributed by atoms with Gasteiger partial charge in [-0.25, -0.2) is 4.68 Å².